The van der Waals surface area contributed by atoms with E-state index in [9.17, 15) is 14.7 Å². The number of likely N-dealkylation sites (tertiary alicyclic amines) is 2. The molecular weight excluding hydrogens is 340 g/mol. The van der Waals surface area contributed by atoms with Crippen molar-refractivity contribution in [3.8, 4) is 5.75 Å². The number of amides is 2. The summed E-state index contributed by atoms with van der Waals surface area (Å²) in [5, 5.41) is 9.95. The Hall–Kier alpha value is -2.82. The molecule has 2 saturated heterocycles. The highest BCUT2D eigenvalue weighted by molar-refractivity contribution is 5.97. The molecule has 0 aliphatic carbocycles. The zero-order chi connectivity index (χ0) is 19.0. The summed E-state index contributed by atoms with van der Waals surface area (Å²) in [4.78, 5) is 29.3. The Bertz CT molecular complexity index is 857. The number of para-hydroxylation sites is 1. The average molecular weight is 364 g/mol. The monoisotopic (exact) mass is 364 g/mol. The number of likely N-dealkylation sites (N-methyl/N-ethyl adjacent to an activating group) is 1. The summed E-state index contributed by atoms with van der Waals surface area (Å²) in [5.41, 5.74) is 1.22. The maximum atomic E-state index is 12.9. The van der Waals surface area contributed by atoms with Crippen molar-refractivity contribution in [1.82, 2.24) is 9.80 Å². The molecule has 1 N–H and O–H groups in total. The smallest absolute Gasteiger partial charge is 0.257 e. The fraction of sp³-hybridized carbons (Fsp3) is 0.364. The quantitative estimate of drug-likeness (QED) is 0.891. The van der Waals surface area contributed by atoms with Crippen LogP contribution in [0.3, 0.4) is 0 Å². The molecule has 140 valence electrons. The summed E-state index contributed by atoms with van der Waals surface area (Å²) in [5.74, 6) is -0.0621. The van der Waals surface area contributed by atoms with Crippen LogP contribution in [0.1, 0.15) is 41.1 Å². The van der Waals surface area contributed by atoms with Crippen molar-refractivity contribution in [2.24, 2.45) is 0 Å². The van der Waals surface area contributed by atoms with Crippen molar-refractivity contribution in [3.05, 3.63) is 65.7 Å². The maximum Gasteiger partial charge on any atom is 0.257 e. The second kappa shape index (κ2) is 6.72. The van der Waals surface area contributed by atoms with Crippen LogP contribution in [0.5, 0.6) is 5.75 Å². The summed E-state index contributed by atoms with van der Waals surface area (Å²) in [7, 11) is 1.89. The minimum atomic E-state index is -0.187. The van der Waals surface area contributed by atoms with E-state index < -0.39 is 0 Å². The molecule has 0 unspecified atom stereocenters. The number of rotatable bonds is 2. The second-order valence-electron chi connectivity index (χ2n) is 7.60. The van der Waals surface area contributed by atoms with Gasteiger partial charge in [0.05, 0.1) is 11.5 Å². The van der Waals surface area contributed by atoms with E-state index >= 15 is 0 Å². The summed E-state index contributed by atoms with van der Waals surface area (Å²) in [6.07, 6.45) is 2.32. The second-order valence-corrected chi connectivity index (χ2v) is 7.60. The van der Waals surface area contributed by atoms with Crippen LogP contribution < -0.4 is 0 Å². The molecule has 0 aromatic heterocycles. The Morgan fingerprint density at radius 2 is 1.67 bits per heavy atom. The molecule has 5 heteroatoms. The van der Waals surface area contributed by atoms with Gasteiger partial charge in [0.2, 0.25) is 5.91 Å². The first kappa shape index (κ1) is 17.6. The van der Waals surface area contributed by atoms with Crippen LogP contribution in [-0.2, 0) is 4.79 Å². The molecule has 0 bridgehead atoms. The zero-order valence-corrected chi connectivity index (χ0v) is 15.5. The van der Waals surface area contributed by atoms with Gasteiger partial charge in [0.25, 0.3) is 5.91 Å². The van der Waals surface area contributed by atoms with Gasteiger partial charge in [-0.05, 0) is 37.0 Å². The van der Waals surface area contributed by atoms with Gasteiger partial charge in [-0.2, -0.15) is 0 Å². The van der Waals surface area contributed by atoms with E-state index in [-0.39, 0.29) is 29.0 Å². The van der Waals surface area contributed by atoms with E-state index in [2.05, 4.69) is 0 Å². The third-order valence-electron chi connectivity index (χ3n) is 6.24. The Kier molecular flexibility index (Phi) is 4.38. The van der Waals surface area contributed by atoms with Gasteiger partial charge in [0.1, 0.15) is 5.75 Å². The predicted octanol–water partition coefficient (Wildman–Crippen LogP) is 3.01. The number of aromatic hydroxyl groups is 1. The summed E-state index contributed by atoms with van der Waals surface area (Å²) < 4.78 is 0. The third-order valence-corrected chi connectivity index (χ3v) is 6.24. The van der Waals surface area contributed by atoms with E-state index in [0.717, 1.165) is 24.8 Å². The highest BCUT2D eigenvalue weighted by Crippen LogP contribution is 2.45. The fourth-order valence-corrected chi connectivity index (χ4v) is 4.51. The van der Waals surface area contributed by atoms with Gasteiger partial charge in [-0.3, -0.25) is 9.59 Å². The highest BCUT2D eigenvalue weighted by atomic mass is 16.3. The molecule has 2 heterocycles. The molecule has 1 spiro atoms. The van der Waals surface area contributed by atoms with Gasteiger partial charge in [0.15, 0.2) is 0 Å². The Labute approximate surface area is 159 Å². The number of nitrogens with zero attached hydrogens (tertiary/aromatic N) is 2. The lowest BCUT2D eigenvalue weighted by molar-refractivity contribution is -0.131. The van der Waals surface area contributed by atoms with E-state index in [4.69, 9.17) is 0 Å². The minimum absolute atomic E-state index is 0.0140. The lowest BCUT2D eigenvalue weighted by Gasteiger charge is -2.43. The fourth-order valence-electron chi connectivity index (χ4n) is 4.51. The number of piperidine rings is 1. The molecule has 2 aliphatic rings. The summed E-state index contributed by atoms with van der Waals surface area (Å²) >= 11 is 0. The zero-order valence-electron chi connectivity index (χ0n) is 15.5. The third kappa shape index (κ3) is 2.97. The van der Waals surface area contributed by atoms with E-state index in [1.807, 2.05) is 42.3 Å². The van der Waals surface area contributed by atoms with Crippen molar-refractivity contribution in [3.63, 3.8) is 0 Å². The Balaban J connectivity index is 1.49. The first-order valence-electron chi connectivity index (χ1n) is 9.42. The predicted molar refractivity (Wildman–Crippen MR) is 103 cm³/mol. The van der Waals surface area contributed by atoms with Gasteiger partial charge in [-0.25, -0.2) is 0 Å². The molecule has 2 amide bonds. The SMILES string of the molecule is CN1C(=O)[C@H](c2ccccc2)CC12CCN(C(=O)c1ccccc1O)CC2. The number of carbonyl (C=O) groups excluding carboxylic acids is 2. The first-order valence-corrected chi connectivity index (χ1v) is 9.42. The normalized spacial score (nSPS) is 21.7. The van der Waals surface area contributed by atoms with Gasteiger partial charge < -0.3 is 14.9 Å². The Morgan fingerprint density at radius 3 is 2.33 bits per heavy atom. The number of benzene rings is 2. The molecule has 2 aliphatic heterocycles. The van der Waals surface area contributed by atoms with Crippen LogP contribution >= 0.6 is 0 Å². The van der Waals surface area contributed by atoms with Crippen molar-refractivity contribution >= 4 is 11.8 Å². The molecule has 27 heavy (non-hydrogen) atoms. The summed E-state index contributed by atoms with van der Waals surface area (Å²) in [6.45, 7) is 1.18. The molecule has 1 atom stereocenters. The molecule has 2 fully saturated rings. The van der Waals surface area contributed by atoms with Crippen LogP contribution in [0, 0.1) is 0 Å². The highest BCUT2D eigenvalue weighted by Gasteiger charge is 2.50. The van der Waals surface area contributed by atoms with Crippen LogP contribution in [0.25, 0.3) is 0 Å². The van der Waals surface area contributed by atoms with Gasteiger partial charge in [-0.1, -0.05) is 42.5 Å². The van der Waals surface area contributed by atoms with Crippen LogP contribution in [0.15, 0.2) is 54.6 Å². The Morgan fingerprint density at radius 1 is 1.04 bits per heavy atom. The van der Waals surface area contributed by atoms with Gasteiger partial charge >= 0.3 is 0 Å². The lowest BCUT2D eigenvalue weighted by atomic mass is 9.81. The molecule has 2 aromatic carbocycles. The van der Waals surface area contributed by atoms with E-state index in [1.165, 1.54) is 6.07 Å². The maximum absolute atomic E-state index is 12.9. The number of carbonyl (C=O) groups is 2. The molecule has 4 rings (SSSR count). The van der Waals surface area contributed by atoms with Crippen LogP contribution in [0.4, 0.5) is 0 Å². The summed E-state index contributed by atoms with van der Waals surface area (Å²) in [6, 6.07) is 16.6. The van der Waals surface area contributed by atoms with Gasteiger partial charge in [-0.15, -0.1) is 0 Å². The number of phenols is 1. The molecule has 0 saturated carbocycles. The van der Waals surface area contributed by atoms with Crippen LogP contribution in [0.2, 0.25) is 0 Å². The minimum Gasteiger partial charge on any atom is -0.507 e. The topological polar surface area (TPSA) is 60.9 Å². The number of hydrogen-bond acceptors (Lipinski definition) is 3. The molecular formula is C22H24N2O3. The van der Waals surface area contributed by atoms with Crippen LogP contribution in [-0.4, -0.2) is 52.4 Å². The van der Waals surface area contributed by atoms with Crippen molar-refractivity contribution in [1.29, 1.82) is 0 Å². The lowest BCUT2D eigenvalue weighted by Crippen LogP contribution is -2.52. The van der Waals surface area contributed by atoms with E-state index in [1.54, 1.807) is 23.1 Å². The molecule has 2 aromatic rings. The number of phenolic OH excluding ortho intramolecular Hbond substituents is 1. The number of hydrogen-bond donors (Lipinski definition) is 1. The molecule has 5 nitrogen and oxygen atoms in total. The van der Waals surface area contributed by atoms with Crippen molar-refractivity contribution in [2.45, 2.75) is 30.7 Å². The molecule has 0 radical (unpaired) electrons. The van der Waals surface area contributed by atoms with Crippen molar-refractivity contribution < 1.29 is 14.7 Å². The first-order chi connectivity index (χ1) is 13.0. The average Bonchev–Trinajstić information content (AvgIpc) is 2.94. The largest absolute Gasteiger partial charge is 0.507 e. The van der Waals surface area contributed by atoms with Crippen molar-refractivity contribution in [2.75, 3.05) is 20.1 Å². The standard InChI is InChI=1S/C22H24N2O3/c1-23-20(26)18(16-7-3-2-4-8-16)15-22(23)11-13-24(14-12-22)21(27)17-9-5-6-10-19(17)25/h2-10,18,25H,11-15H2,1H3/t18-/m0/s1. The van der Waals surface area contributed by atoms with Gasteiger partial charge in [0, 0.05) is 25.7 Å². The van der Waals surface area contributed by atoms with E-state index in [0.29, 0.717) is 18.7 Å².